The highest BCUT2D eigenvalue weighted by atomic mass is 16.5. The standard InChI is InChI=1S/C16H24N2O2/c1-3-9-20-15-6-4-5-13(10-15)11-17-16(19)18-12(2)14-7-8-14/h4-6,10,12,14H,3,7-9,11H2,1-2H3,(H2,17,18,19). The zero-order chi connectivity index (χ0) is 14.4. The molecule has 1 fully saturated rings. The molecule has 0 heterocycles. The van der Waals surface area contributed by atoms with Crippen LogP contribution in [0.5, 0.6) is 5.75 Å². The van der Waals surface area contributed by atoms with E-state index in [1.54, 1.807) is 0 Å². The number of amides is 2. The molecule has 0 spiro atoms. The second-order valence-corrected chi connectivity index (χ2v) is 5.45. The average Bonchev–Trinajstić information content (AvgIpc) is 3.28. The van der Waals surface area contributed by atoms with Gasteiger partial charge >= 0.3 is 6.03 Å². The van der Waals surface area contributed by atoms with Crippen molar-refractivity contribution in [3.8, 4) is 5.75 Å². The minimum Gasteiger partial charge on any atom is -0.494 e. The summed E-state index contributed by atoms with van der Waals surface area (Å²) < 4.78 is 5.58. The lowest BCUT2D eigenvalue weighted by Gasteiger charge is -2.14. The van der Waals surface area contributed by atoms with Gasteiger partial charge in [-0.25, -0.2) is 4.79 Å². The molecule has 20 heavy (non-hydrogen) atoms. The molecule has 1 aliphatic carbocycles. The van der Waals surface area contributed by atoms with Crippen molar-refractivity contribution in [1.29, 1.82) is 0 Å². The Morgan fingerprint density at radius 3 is 2.95 bits per heavy atom. The molecule has 2 N–H and O–H groups in total. The van der Waals surface area contributed by atoms with Gasteiger partial charge in [0.15, 0.2) is 0 Å². The average molecular weight is 276 g/mol. The Bertz CT molecular complexity index is 444. The summed E-state index contributed by atoms with van der Waals surface area (Å²) in [5, 5.41) is 5.87. The largest absolute Gasteiger partial charge is 0.494 e. The fourth-order valence-corrected chi connectivity index (χ4v) is 2.12. The molecule has 0 radical (unpaired) electrons. The zero-order valence-electron chi connectivity index (χ0n) is 12.3. The predicted octanol–water partition coefficient (Wildman–Crippen LogP) is 3.07. The first-order valence-corrected chi connectivity index (χ1v) is 7.45. The molecule has 1 aromatic rings. The smallest absolute Gasteiger partial charge is 0.315 e. The Hall–Kier alpha value is -1.71. The number of nitrogens with one attached hydrogen (secondary N) is 2. The number of urea groups is 1. The van der Waals surface area contributed by atoms with E-state index in [2.05, 4.69) is 24.5 Å². The molecule has 1 aromatic carbocycles. The molecule has 1 saturated carbocycles. The van der Waals surface area contributed by atoms with Crippen LogP contribution < -0.4 is 15.4 Å². The van der Waals surface area contributed by atoms with Crippen LogP contribution in [0.3, 0.4) is 0 Å². The van der Waals surface area contributed by atoms with Crippen LogP contribution in [0.1, 0.15) is 38.7 Å². The van der Waals surface area contributed by atoms with Gasteiger partial charge in [-0.15, -0.1) is 0 Å². The molecule has 1 atom stereocenters. The molecule has 2 rings (SSSR count). The lowest BCUT2D eigenvalue weighted by molar-refractivity contribution is 0.236. The number of benzene rings is 1. The van der Waals surface area contributed by atoms with Gasteiger partial charge < -0.3 is 15.4 Å². The van der Waals surface area contributed by atoms with Crippen molar-refractivity contribution in [3.63, 3.8) is 0 Å². The van der Waals surface area contributed by atoms with E-state index in [4.69, 9.17) is 4.74 Å². The van der Waals surface area contributed by atoms with Crippen LogP contribution >= 0.6 is 0 Å². The first-order valence-electron chi connectivity index (χ1n) is 7.45. The fraction of sp³-hybridized carbons (Fsp3) is 0.562. The molecule has 1 unspecified atom stereocenters. The molecule has 2 amide bonds. The second kappa shape index (κ2) is 7.17. The summed E-state index contributed by atoms with van der Waals surface area (Å²) in [6, 6.07) is 8.03. The predicted molar refractivity (Wildman–Crippen MR) is 79.8 cm³/mol. The van der Waals surface area contributed by atoms with Gasteiger partial charge in [0.1, 0.15) is 5.75 Å². The summed E-state index contributed by atoms with van der Waals surface area (Å²) in [4.78, 5) is 11.8. The Morgan fingerprint density at radius 2 is 2.25 bits per heavy atom. The van der Waals surface area contributed by atoms with Crippen molar-refractivity contribution in [2.75, 3.05) is 6.61 Å². The number of hydrogen-bond acceptors (Lipinski definition) is 2. The minimum absolute atomic E-state index is 0.0933. The highest BCUT2D eigenvalue weighted by Crippen LogP contribution is 2.32. The number of rotatable bonds is 7. The van der Waals surface area contributed by atoms with Gasteiger partial charge in [0.2, 0.25) is 0 Å². The van der Waals surface area contributed by atoms with Gasteiger partial charge in [0.25, 0.3) is 0 Å². The van der Waals surface area contributed by atoms with Crippen LogP contribution in [0.25, 0.3) is 0 Å². The molecular formula is C16H24N2O2. The number of carbonyl (C=O) groups excluding carboxylic acids is 1. The normalized spacial score (nSPS) is 15.5. The number of ether oxygens (including phenoxy) is 1. The molecular weight excluding hydrogens is 252 g/mol. The zero-order valence-corrected chi connectivity index (χ0v) is 12.3. The molecule has 4 heteroatoms. The third-order valence-corrected chi connectivity index (χ3v) is 3.51. The maximum absolute atomic E-state index is 11.8. The monoisotopic (exact) mass is 276 g/mol. The van der Waals surface area contributed by atoms with E-state index in [1.807, 2.05) is 24.3 Å². The van der Waals surface area contributed by atoms with Gasteiger partial charge in [-0.2, -0.15) is 0 Å². The number of hydrogen-bond donors (Lipinski definition) is 2. The number of carbonyl (C=O) groups is 1. The van der Waals surface area contributed by atoms with Crippen LogP contribution in [-0.2, 0) is 6.54 Å². The van der Waals surface area contributed by atoms with E-state index in [-0.39, 0.29) is 12.1 Å². The van der Waals surface area contributed by atoms with Gasteiger partial charge in [-0.3, -0.25) is 0 Å². The Balaban J connectivity index is 1.76. The van der Waals surface area contributed by atoms with Crippen molar-refractivity contribution in [2.45, 2.75) is 45.7 Å². The maximum Gasteiger partial charge on any atom is 0.315 e. The van der Waals surface area contributed by atoms with Gasteiger partial charge in [-0.05, 0) is 49.8 Å². The van der Waals surface area contributed by atoms with E-state index in [0.717, 1.165) is 24.3 Å². The van der Waals surface area contributed by atoms with E-state index in [0.29, 0.717) is 12.5 Å². The third-order valence-electron chi connectivity index (χ3n) is 3.51. The topological polar surface area (TPSA) is 50.4 Å². The van der Waals surface area contributed by atoms with Crippen molar-refractivity contribution >= 4 is 6.03 Å². The molecule has 0 aliphatic heterocycles. The SMILES string of the molecule is CCCOc1cccc(CNC(=O)NC(C)C2CC2)c1. The maximum atomic E-state index is 11.8. The third kappa shape index (κ3) is 4.76. The van der Waals surface area contributed by atoms with Crippen molar-refractivity contribution in [1.82, 2.24) is 10.6 Å². The van der Waals surface area contributed by atoms with Crippen LogP contribution in [0.15, 0.2) is 24.3 Å². The highest BCUT2D eigenvalue weighted by Gasteiger charge is 2.28. The van der Waals surface area contributed by atoms with E-state index >= 15 is 0 Å². The summed E-state index contributed by atoms with van der Waals surface area (Å²) in [5.74, 6) is 1.53. The summed E-state index contributed by atoms with van der Waals surface area (Å²) in [6.07, 6.45) is 3.46. The van der Waals surface area contributed by atoms with Crippen LogP contribution in [0.4, 0.5) is 4.79 Å². The molecule has 1 aliphatic rings. The van der Waals surface area contributed by atoms with E-state index < -0.39 is 0 Å². The second-order valence-electron chi connectivity index (χ2n) is 5.45. The van der Waals surface area contributed by atoms with Crippen LogP contribution in [-0.4, -0.2) is 18.7 Å². The molecule has 110 valence electrons. The van der Waals surface area contributed by atoms with Crippen LogP contribution in [0, 0.1) is 5.92 Å². The molecule has 0 aromatic heterocycles. The lowest BCUT2D eigenvalue weighted by atomic mass is 10.2. The lowest BCUT2D eigenvalue weighted by Crippen LogP contribution is -2.41. The van der Waals surface area contributed by atoms with Crippen molar-refractivity contribution in [3.05, 3.63) is 29.8 Å². The summed E-state index contributed by atoms with van der Waals surface area (Å²) in [6.45, 7) is 5.38. The fourth-order valence-electron chi connectivity index (χ4n) is 2.12. The van der Waals surface area contributed by atoms with Gasteiger partial charge in [0.05, 0.1) is 6.61 Å². The Labute approximate surface area is 120 Å². The summed E-state index contributed by atoms with van der Waals surface area (Å²) >= 11 is 0. The minimum atomic E-state index is -0.0933. The summed E-state index contributed by atoms with van der Waals surface area (Å²) in [5.41, 5.74) is 1.05. The Morgan fingerprint density at radius 1 is 1.45 bits per heavy atom. The first kappa shape index (κ1) is 14.7. The van der Waals surface area contributed by atoms with E-state index in [9.17, 15) is 4.79 Å². The van der Waals surface area contributed by atoms with Crippen molar-refractivity contribution in [2.24, 2.45) is 5.92 Å². The Kier molecular flexibility index (Phi) is 5.27. The van der Waals surface area contributed by atoms with Crippen LogP contribution in [0.2, 0.25) is 0 Å². The van der Waals surface area contributed by atoms with E-state index in [1.165, 1.54) is 12.8 Å². The van der Waals surface area contributed by atoms with Crippen molar-refractivity contribution < 1.29 is 9.53 Å². The van der Waals surface area contributed by atoms with Gasteiger partial charge in [-0.1, -0.05) is 19.1 Å². The quantitative estimate of drug-likeness (QED) is 0.804. The summed E-state index contributed by atoms with van der Waals surface area (Å²) in [7, 11) is 0. The first-order chi connectivity index (χ1) is 9.69. The highest BCUT2D eigenvalue weighted by molar-refractivity contribution is 5.74. The molecule has 4 nitrogen and oxygen atoms in total. The van der Waals surface area contributed by atoms with Gasteiger partial charge in [0, 0.05) is 12.6 Å². The molecule has 0 bridgehead atoms. The molecule has 0 saturated heterocycles.